The van der Waals surface area contributed by atoms with E-state index in [1.54, 1.807) is 6.07 Å². The van der Waals surface area contributed by atoms with Gasteiger partial charge in [-0.25, -0.2) is 9.78 Å². The van der Waals surface area contributed by atoms with Gasteiger partial charge in [-0.05, 0) is 31.4 Å². The van der Waals surface area contributed by atoms with E-state index in [2.05, 4.69) is 4.98 Å². The van der Waals surface area contributed by atoms with E-state index in [-0.39, 0.29) is 5.56 Å². The van der Waals surface area contributed by atoms with Crippen molar-refractivity contribution in [2.24, 2.45) is 7.05 Å². The van der Waals surface area contributed by atoms with E-state index in [0.29, 0.717) is 11.6 Å². The number of nitrogens with two attached hydrogens (primary N) is 1. The van der Waals surface area contributed by atoms with Crippen molar-refractivity contribution in [3.05, 3.63) is 23.0 Å². The number of rotatable bonds is 2. The van der Waals surface area contributed by atoms with Gasteiger partial charge in [-0.15, -0.1) is 0 Å². The molecule has 0 bridgehead atoms. The number of hydrogen-bond donors (Lipinski definition) is 2. The molecule has 5 nitrogen and oxygen atoms in total. The summed E-state index contributed by atoms with van der Waals surface area (Å²) in [6, 6.07) is 1.58. The molecule has 3 N–H and O–H groups in total. The minimum Gasteiger partial charge on any atom is -0.478 e. The number of fused-ring (bicyclic) bond motifs is 1. The maximum absolute atomic E-state index is 11.1. The fourth-order valence-electron chi connectivity index (χ4n) is 2.51. The molecule has 2 aromatic rings. The first-order chi connectivity index (χ1) is 8.50. The smallest absolute Gasteiger partial charge is 0.337 e. The maximum Gasteiger partial charge on any atom is 0.337 e. The Hall–Kier alpha value is -2.04. The van der Waals surface area contributed by atoms with Crippen LogP contribution in [0.3, 0.4) is 0 Å². The summed E-state index contributed by atoms with van der Waals surface area (Å²) >= 11 is 0. The third-order valence-electron chi connectivity index (χ3n) is 3.66. The number of nitrogens with zero attached hydrogens (tertiary/aromatic N) is 2. The first-order valence-corrected chi connectivity index (χ1v) is 5.99. The molecule has 5 heteroatoms. The molecule has 0 unspecified atom stereocenters. The summed E-state index contributed by atoms with van der Waals surface area (Å²) in [6.45, 7) is 1.85. The van der Waals surface area contributed by atoms with Crippen LogP contribution >= 0.6 is 0 Å². The number of nitrogen functional groups attached to an aromatic ring is 1. The lowest BCUT2D eigenvalue weighted by atomic mass is 10.1. The fraction of sp³-hybridized carbons (Fsp3) is 0.385. The average Bonchev–Trinajstić information content (AvgIpc) is 3.09. The first-order valence-electron chi connectivity index (χ1n) is 5.99. The molecule has 1 aromatic heterocycles. The van der Waals surface area contributed by atoms with E-state index in [1.807, 2.05) is 18.5 Å². The number of carboxylic acids is 1. The van der Waals surface area contributed by atoms with E-state index >= 15 is 0 Å². The van der Waals surface area contributed by atoms with Gasteiger partial charge in [-0.1, -0.05) is 0 Å². The highest BCUT2D eigenvalue weighted by molar-refractivity contribution is 6.00. The van der Waals surface area contributed by atoms with Crippen LogP contribution in [0.15, 0.2) is 6.07 Å². The van der Waals surface area contributed by atoms with Gasteiger partial charge in [0.15, 0.2) is 0 Å². The number of benzene rings is 1. The molecular formula is C13H15N3O2. The Morgan fingerprint density at radius 1 is 1.56 bits per heavy atom. The summed E-state index contributed by atoms with van der Waals surface area (Å²) in [5.74, 6) is 0.558. The Kier molecular flexibility index (Phi) is 2.14. The molecule has 0 amide bonds. The van der Waals surface area contributed by atoms with Crippen molar-refractivity contribution in [2.75, 3.05) is 5.73 Å². The van der Waals surface area contributed by atoms with Gasteiger partial charge in [-0.2, -0.15) is 0 Å². The third kappa shape index (κ3) is 1.40. The summed E-state index contributed by atoms with van der Waals surface area (Å²) < 4.78 is 2.05. The molecule has 0 radical (unpaired) electrons. The van der Waals surface area contributed by atoms with E-state index in [0.717, 1.165) is 35.3 Å². The molecular weight excluding hydrogens is 230 g/mol. The second kappa shape index (κ2) is 3.48. The lowest BCUT2D eigenvalue weighted by Gasteiger charge is -2.08. The molecule has 18 heavy (non-hydrogen) atoms. The van der Waals surface area contributed by atoms with Crippen LogP contribution in [0.5, 0.6) is 0 Å². The molecule has 0 saturated heterocycles. The van der Waals surface area contributed by atoms with Crippen LogP contribution in [0.25, 0.3) is 11.0 Å². The zero-order chi connectivity index (χ0) is 13.0. The molecule has 3 rings (SSSR count). The fourth-order valence-corrected chi connectivity index (χ4v) is 2.51. The number of anilines is 1. The summed E-state index contributed by atoms with van der Waals surface area (Å²) in [4.78, 5) is 15.7. The first kappa shape index (κ1) is 11.1. The van der Waals surface area contributed by atoms with E-state index in [9.17, 15) is 4.79 Å². The Morgan fingerprint density at radius 3 is 2.78 bits per heavy atom. The second-order valence-electron chi connectivity index (χ2n) is 4.94. The molecule has 1 aliphatic carbocycles. The van der Waals surface area contributed by atoms with Crippen LogP contribution in [-0.2, 0) is 7.05 Å². The summed E-state index contributed by atoms with van der Waals surface area (Å²) in [6.07, 6.45) is 2.33. The van der Waals surface area contributed by atoms with Gasteiger partial charge in [0.25, 0.3) is 0 Å². The Labute approximate surface area is 104 Å². The number of imidazole rings is 1. The largest absolute Gasteiger partial charge is 0.478 e. The van der Waals surface area contributed by atoms with Crippen molar-refractivity contribution in [2.45, 2.75) is 25.7 Å². The molecule has 1 aliphatic rings. The Morgan fingerprint density at radius 2 is 2.22 bits per heavy atom. The molecule has 94 valence electrons. The van der Waals surface area contributed by atoms with Crippen LogP contribution in [0.4, 0.5) is 5.69 Å². The standard InChI is InChI=1S/C13H15N3O2/c1-6-10(14)8(13(17)18)5-9-11(6)16(2)12(15-9)7-3-4-7/h5,7H,3-4,14H2,1-2H3,(H,17,18). The van der Waals surface area contributed by atoms with Crippen LogP contribution in [-0.4, -0.2) is 20.6 Å². The highest BCUT2D eigenvalue weighted by Crippen LogP contribution is 2.41. The zero-order valence-corrected chi connectivity index (χ0v) is 10.4. The van der Waals surface area contributed by atoms with Crippen LogP contribution in [0.2, 0.25) is 0 Å². The summed E-state index contributed by atoms with van der Waals surface area (Å²) in [5, 5.41) is 9.13. The van der Waals surface area contributed by atoms with Crippen molar-refractivity contribution in [3.8, 4) is 0 Å². The topological polar surface area (TPSA) is 81.1 Å². The predicted octanol–water partition coefficient (Wildman–Crippen LogP) is 2.04. The van der Waals surface area contributed by atoms with E-state index < -0.39 is 5.97 Å². The zero-order valence-electron chi connectivity index (χ0n) is 10.4. The lowest BCUT2D eigenvalue weighted by Crippen LogP contribution is -2.05. The van der Waals surface area contributed by atoms with Crippen LogP contribution < -0.4 is 5.73 Å². The number of aromatic nitrogens is 2. The van der Waals surface area contributed by atoms with Crippen molar-refractivity contribution in [1.29, 1.82) is 0 Å². The highest BCUT2D eigenvalue weighted by atomic mass is 16.4. The highest BCUT2D eigenvalue weighted by Gasteiger charge is 2.29. The van der Waals surface area contributed by atoms with E-state index in [4.69, 9.17) is 10.8 Å². The van der Waals surface area contributed by atoms with Gasteiger partial charge < -0.3 is 15.4 Å². The lowest BCUT2D eigenvalue weighted by molar-refractivity contribution is 0.0698. The number of hydrogen-bond acceptors (Lipinski definition) is 3. The van der Waals surface area contributed by atoms with Gasteiger partial charge in [0, 0.05) is 13.0 Å². The van der Waals surface area contributed by atoms with Gasteiger partial charge in [-0.3, -0.25) is 0 Å². The second-order valence-corrected chi connectivity index (χ2v) is 4.94. The molecule has 1 aromatic carbocycles. The molecule has 1 fully saturated rings. The number of carboxylic acid groups (broad SMARTS) is 1. The van der Waals surface area contributed by atoms with Crippen molar-refractivity contribution < 1.29 is 9.90 Å². The Bertz CT molecular complexity index is 669. The van der Waals surface area contributed by atoms with Crippen molar-refractivity contribution in [1.82, 2.24) is 9.55 Å². The van der Waals surface area contributed by atoms with Crippen LogP contribution in [0, 0.1) is 6.92 Å². The number of aromatic carboxylic acids is 1. The van der Waals surface area contributed by atoms with Crippen molar-refractivity contribution in [3.63, 3.8) is 0 Å². The predicted molar refractivity (Wildman–Crippen MR) is 68.8 cm³/mol. The van der Waals surface area contributed by atoms with Crippen LogP contribution in [0.1, 0.15) is 40.5 Å². The number of carbonyl (C=O) groups is 1. The minimum atomic E-state index is -1.00. The molecule has 1 heterocycles. The Balaban J connectivity index is 2.34. The molecule has 0 atom stereocenters. The average molecular weight is 245 g/mol. The van der Waals surface area contributed by atoms with Gasteiger partial charge in [0.1, 0.15) is 5.82 Å². The maximum atomic E-state index is 11.1. The quantitative estimate of drug-likeness (QED) is 0.793. The summed E-state index contributed by atoms with van der Waals surface area (Å²) in [5.41, 5.74) is 8.84. The van der Waals surface area contributed by atoms with Gasteiger partial charge in [0.05, 0.1) is 22.3 Å². The third-order valence-corrected chi connectivity index (χ3v) is 3.66. The van der Waals surface area contributed by atoms with Gasteiger partial charge in [0.2, 0.25) is 0 Å². The SMILES string of the molecule is Cc1c(N)c(C(=O)O)cc2nc(C3CC3)n(C)c12. The van der Waals surface area contributed by atoms with Crippen molar-refractivity contribution >= 4 is 22.7 Å². The summed E-state index contributed by atoms with van der Waals surface area (Å²) in [7, 11) is 1.97. The van der Waals surface area contributed by atoms with Gasteiger partial charge >= 0.3 is 5.97 Å². The molecule has 0 aliphatic heterocycles. The monoisotopic (exact) mass is 245 g/mol. The minimum absolute atomic E-state index is 0.139. The molecule has 0 spiro atoms. The normalized spacial score (nSPS) is 15.2. The molecule has 1 saturated carbocycles. The number of aryl methyl sites for hydroxylation is 2. The van der Waals surface area contributed by atoms with E-state index in [1.165, 1.54) is 0 Å².